The third-order valence-corrected chi connectivity index (χ3v) is 9.51. The van der Waals surface area contributed by atoms with Crippen LogP contribution in [0.1, 0.15) is 31.2 Å². The number of phenolic OH excluding ortho intramolecular Hbond substituents is 1. The van der Waals surface area contributed by atoms with E-state index in [1.165, 1.54) is 38.1 Å². The Morgan fingerprint density at radius 1 is 0.978 bits per heavy atom. The molecule has 0 radical (unpaired) electrons. The van der Waals surface area contributed by atoms with Crippen molar-refractivity contribution in [3.8, 4) is 5.75 Å². The SMILES string of the molecule is CC1=CC(=O)C2=C(C1=O)[C@@H](c1cc(Br)ccc1O)C1=CC[C@@H]3C(=O)N(c4cc([N+](=O)[O-])c(N(C)C)c([N+](=O)[O-])c4)C(=O)[C@@H]3[C@@H]1C2. The van der Waals surface area contributed by atoms with Crippen molar-refractivity contribution in [3.63, 3.8) is 0 Å². The first-order valence-electron chi connectivity index (χ1n) is 13.9. The van der Waals surface area contributed by atoms with Gasteiger partial charge in [-0.05, 0) is 50.0 Å². The quantitative estimate of drug-likeness (QED) is 0.154. The predicted molar refractivity (Wildman–Crippen MR) is 164 cm³/mol. The number of halogens is 1. The second-order valence-electron chi connectivity index (χ2n) is 11.7. The topological polar surface area (TPSA) is 181 Å². The average Bonchev–Trinajstić information content (AvgIpc) is 3.24. The number of Topliss-reactive ketones (excluding diaryl/α,β-unsaturated/α-hetero) is 1. The molecule has 1 aliphatic heterocycles. The van der Waals surface area contributed by atoms with E-state index in [0.29, 0.717) is 15.6 Å². The molecule has 0 aromatic heterocycles. The maximum Gasteiger partial charge on any atom is 0.301 e. The molecule has 6 rings (SSSR count). The Bertz CT molecular complexity index is 1860. The number of carbonyl (C=O) groups is 4. The summed E-state index contributed by atoms with van der Waals surface area (Å²) in [5, 5.41) is 34.9. The number of benzene rings is 2. The summed E-state index contributed by atoms with van der Waals surface area (Å²) < 4.78 is 0.610. The van der Waals surface area contributed by atoms with Crippen LogP contribution >= 0.6 is 15.9 Å². The number of anilines is 2. The van der Waals surface area contributed by atoms with Crippen molar-refractivity contribution in [2.45, 2.75) is 25.7 Å². The van der Waals surface area contributed by atoms with Crippen molar-refractivity contribution in [2.24, 2.45) is 17.8 Å². The lowest BCUT2D eigenvalue weighted by Gasteiger charge is -2.42. The molecule has 45 heavy (non-hydrogen) atoms. The number of phenols is 1. The van der Waals surface area contributed by atoms with Crippen LogP contribution in [0.2, 0.25) is 0 Å². The molecule has 1 fully saturated rings. The third-order valence-electron chi connectivity index (χ3n) is 9.02. The van der Waals surface area contributed by atoms with Crippen molar-refractivity contribution >= 4 is 62.1 Å². The number of nitro benzene ring substituents is 2. The summed E-state index contributed by atoms with van der Waals surface area (Å²) >= 11 is 3.41. The highest BCUT2D eigenvalue weighted by Crippen LogP contribution is 2.57. The second-order valence-corrected chi connectivity index (χ2v) is 12.6. The number of allylic oxidation sites excluding steroid dienone is 6. The lowest BCUT2D eigenvalue weighted by atomic mass is 9.59. The number of carbonyl (C=O) groups excluding carboxylic acids is 4. The van der Waals surface area contributed by atoms with E-state index < -0.39 is 62.5 Å². The lowest BCUT2D eigenvalue weighted by molar-refractivity contribution is -0.392. The highest BCUT2D eigenvalue weighted by atomic mass is 79.9. The summed E-state index contributed by atoms with van der Waals surface area (Å²) in [6.45, 7) is 1.54. The molecule has 0 spiro atoms. The van der Waals surface area contributed by atoms with Gasteiger partial charge in [-0.1, -0.05) is 27.6 Å². The van der Waals surface area contributed by atoms with Gasteiger partial charge in [-0.15, -0.1) is 0 Å². The Labute approximate surface area is 263 Å². The summed E-state index contributed by atoms with van der Waals surface area (Å²) in [4.78, 5) is 79.2. The number of ketones is 2. The standard InChI is InChI=1S/C31H25BrN4O9/c1-13-8-24(38)20-12-18-16(25(27(20)29(13)39)19-9-14(32)4-7-23(19)37)5-6-17-26(18)31(41)34(30(17)40)15-10-21(35(42)43)28(33(2)3)22(11-15)36(44)45/h4-5,7-11,17-18,25-26,37H,6,12H2,1-3H3/t17-,18+,25+,26-/m0/s1. The molecule has 4 atom stereocenters. The van der Waals surface area contributed by atoms with Gasteiger partial charge < -0.3 is 10.0 Å². The molecule has 4 aliphatic rings. The van der Waals surface area contributed by atoms with Gasteiger partial charge in [0, 0.05) is 58.9 Å². The Kier molecular flexibility index (Phi) is 7.07. The summed E-state index contributed by atoms with van der Waals surface area (Å²) in [5.74, 6) is -5.82. The van der Waals surface area contributed by atoms with Gasteiger partial charge in [-0.2, -0.15) is 0 Å². The molecule has 0 unspecified atom stereocenters. The highest BCUT2D eigenvalue weighted by molar-refractivity contribution is 9.10. The monoisotopic (exact) mass is 676 g/mol. The first kappa shape index (κ1) is 30.1. The minimum Gasteiger partial charge on any atom is -0.508 e. The molecule has 0 bridgehead atoms. The molecule has 1 saturated heterocycles. The third kappa shape index (κ3) is 4.50. The van der Waals surface area contributed by atoms with Gasteiger partial charge in [-0.3, -0.25) is 39.4 Å². The van der Waals surface area contributed by atoms with Crippen molar-refractivity contribution < 1.29 is 34.1 Å². The minimum atomic E-state index is -1.02. The maximum atomic E-state index is 14.2. The molecule has 2 aromatic carbocycles. The van der Waals surface area contributed by atoms with Crippen LogP contribution in [-0.2, 0) is 19.2 Å². The second kappa shape index (κ2) is 10.6. The molecule has 1 heterocycles. The fraction of sp³-hybridized carbons (Fsp3) is 0.290. The average molecular weight is 677 g/mol. The van der Waals surface area contributed by atoms with Crippen molar-refractivity contribution in [2.75, 3.05) is 23.9 Å². The van der Waals surface area contributed by atoms with E-state index in [9.17, 15) is 44.5 Å². The van der Waals surface area contributed by atoms with E-state index in [2.05, 4.69) is 15.9 Å². The van der Waals surface area contributed by atoms with Crippen LogP contribution in [0.15, 0.2) is 69.2 Å². The number of fused-ring (bicyclic) bond motifs is 3. The number of nitro groups is 2. The van der Waals surface area contributed by atoms with Crippen molar-refractivity contribution in [1.82, 2.24) is 0 Å². The van der Waals surface area contributed by atoms with Crippen molar-refractivity contribution in [3.05, 3.63) is 95.0 Å². The van der Waals surface area contributed by atoms with Crippen LogP contribution < -0.4 is 9.80 Å². The predicted octanol–water partition coefficient (Wildman–Crippen LogP) is 4.67. The van der Waals surface area contributed by atoms with E-state index in [-0.39, 0.29) is 52.5 Å². The van der Waals surface area contributed by atoms with E-state index in [4.69, 9.17) is 0 Å². The number of rotatable bonds is 5. The Balaban J connectivity index is 1.50. The zero-order valence-corrected chi connectivity index (χ0v) is 25.7. The van der Waals surface area contributed by atoms with Crippen molar-refractivity contribution in [1.29, 1.82) is 0 Å². The van der Waals surface area contributed by atoms with Crippen LogP contribution in [0.25, 0.3) is 0 Å². The van der Waals surface area contributed by atoms with E-state index in [1.807, 2.05) is 0 Å². The van der Waals surface area contributed by atoms with Gasteiger partial charge in [0.2, 0.25) is 11.8 Å². The number of imide groups is 1. The zero-order chi connectivity index (χ0) is 32.6. The lowest BCUT2D eigenvalue weighted by Crippen LogP contribution is -2.39. The van der Waals surface area contributed by atoms with Gasteiger partial charge in [0.05, 0.1) is 27.4 Å². The molecule has 2 amide bonds. The van der Waals surface area contributed by atoms with Gasteiger partial charge >= 0.3 is 11.4 Å². The van der Waals surface area contributed by atoms with Crippen LogP contribution in [0.4, 0.5) is 22.7 Å². The first-order valence-corrected chi connectivity index (χ1v) is 14.7. The molecule has 1 N–H and O–H groups in total. The number of amides is 2. The molecule has 2 aromatic rings. The summed E-state index contributed by atoms with van der Waals surface area (Å²) in [5.41, 5.74) is -0.288. The van der Waals surface area contributed by atoms with Crippen LogP contribution in [-0.4, -0.2) is 52.4 Å². The summed E-state index contributed by atoms with van der Waals surface area (Å²) in [6, 6.07) is 6.67. The molecule has 0 saturated carbocycles. The van der Waals surface area contributed by atoms with E-state index in [1.54, 1.807) is 18.2 Å². The molecular weight excluding hydrogens is 652 g/mol. The molecule has 3 aliphatic carbocycles. The fourth-order valence-electron chi connectivity index (χ4n) is 7.18. The van der Waals surface area contributed by atoms with Gasteiger partial charge in [-0.25, -0.2) is 4.90 Å². The van der Waals surface area contributed by atoms with Crippen LogP contribution in [0, 0.1) is 38.0 Å². The number of hydrogen-bond acceptors (Lipinski definition) is 10. The number of nitrogens with zero attached hydrogens (tertiary/aromatic N) is 4. The number of aromatic hydroxyl groups is 1. The minimum absolute atomic E-state index is 0.0192. The van der Waals surface area contributed by atoms with Gasteiger partial charge in [0.1, 0.15) is 5.75 Å². The molecular formula is C31H25BrN4O9. The largest absolute Gasteiger partial charge is 0.508 e. The van der Waals surface area contributed by atoms with E-state index >= 15 is 0 Å². The van der Waals surface area contributed by atoms with Crippen LogP contribution in [0.5, 0.6) is 5.75 Å². The van der Waals surface area contributed by atoms with Crippen LogP contribution in [0.3, 0.4) is 0 Å². The molecule has 14 heteroatoms. The smallest absolute Gasteiger partial charge is 0.301 e. The van der Waals surface area contributed by atoms with E-state index in [0.717, 1.165) is 17.0 Å². The molecule has 13 nitrogen and oxygen atoms in total. The van der Waals surface area contributed by atoms with Gasteiger partial charge in [0.25, 0.3) is 0 Å². The molecule has 230 valence electrons. The number of hydrogen-bond donors (Lipinski definition) is 1. The summed E-state index contributed by atoms with van der Waals surface area (Å²) in [6.07, 6.45) is 3.06. The zero-order valence-electron chi connectivity index (χ0n) is 24.1. The Morgan fingerprint density at radius 3 is 2.22 bits per heavy atom. The first-order chi connectivity index (χ1) is 21.2. The fourth-order valence-corrected chi connectivity index (χ4v) is 7.56. The maximum absolute atomic E-state index is 14.2. The Hall–Kier alpha value is -4.98. The normalized spacial score (nSPS) is 24.1. The summed E-state index contributed by atoms with van der Waals surface area (Å²) in [7, 11) is 2.81. The highest BCUT2D eigenvalue weighted by Gasteiger charge is 2.57. The Morgan fingerprint density at radius 2 is 1.62 bits per heavy atom. The van der Waals surface area contributed by atoms with Gasteiger partial charge in [0.15, 0.2) is 17.3 Å².